The zero-order valence-electron chi connectivity index (χ0n) is 24.7. The smallest absolute Gasteiger partial charge is 0.264 e. The predicted octanol–water partition coefficient (Wildman–Crippen LogP) is 5.46. The number of anilines is 1. The number of sulfonamides is 1. The van der Waals surface area contributed by atoms with Gasteiger partial charge in [-0.15, -0.1) is 0 Å². The van der Waals surface area contributed by atoms with Gasteiger partial charge in [0.1, 0.15) is 18.3 Å². The Morgan fingerprint density at radius 1 is 0.952 bits per heavy atom. The summed E-state index contributed by atoms with van der Waals surface area (Å²) in [6, 6.07) is 22.0. The summed E-state index contributed by atoms with van der Waals surface area (Å²) in [5, 5.41) is 3.17. The molecule has 0 aliphatic heterocycles. The molecule has 0 bridgehead atoms. The van der Waals surface area contributed by atoms with Crippen molar-refractivity contribution in [1.29, 1.82) is 0 Å². The number of hydrogen-bond donors (Lipinski definition) is 1. The molecule has 1 saturated carbocycles. The van der Waals surface area contributed by atoms with E-state index in [4.69, 9.17) is 4.74 Å². The molecule has 4 rings (SSSR count). The first kappa shape index (κ1) is 31.1. The minimum atomic E-state index is -4.17. The first-order valence-corrected chi connectivity index (χ1v) is 16.0. The molecule has 1 aliphatic rings. The standard InChI is InChI=1S/C33H41N3O5S/c1-4-29(33(38)34-27-16-10-6-11-17-27)35(23-26-14-8-5-9-15-26)32(37)24-36(30-22-25(2)20-21-31(30)41-3)42(39,40)28-18-12-7-13-19-28/h5,7-9,12-15,18-22,27,29H,4,6,10-11,16-17,23-24H2,1-3H3,(H,34,38). The number of benzene rings is 3. The lowest BCUT2D eigenvalue weighted by atomic mass is 9.95. The van der Waals surface area contributed by atoms with E-state index < -0.39 is 28.5 Å². The number of amides is 2. The minimum Gasteiger partial charge on any atom is -0.495 e. The van der Waals surface area contributed by atoms with Crippen LogP contribution < -0.4 is 14.4 Å². The van der Waals surface area contributed by atoms with E-state index >= 15 is 0 Å². The van der Waals surface area contributed by atoms with Crippen molar-refractivity contribution in [2.24, 2.45) is 0 Å². The fourth-order valence-corrected chi connectivity index (χ4v) is 6.91. The van der Waals surface area contributed by atoms with E-state index in [1.807, 2.05) is 50.2 Å². The van der Waals surface area contributed by atoms with Crippen molar-refractivity contribution in [1.82, 2.24) is 10.2 Å². The number of nitrogens with one attached hydrogen (secondary N) is 1. The molecule has 1 unspecified atom stereocenters. The summed E-state index contributed by atoms with van der Waals surface area (Å²) in [6.45, 7) is 3.39. The molecule has 0 heterocycles. The molecule has 1 N–H and O–H groups in total. The second-order valence-corrected chi connectivity index (χ2v) is 12.6. The number of nitrogens with zero attached hydrogens (tertiary/aromatic N) is 2. The lowest BCUT2D eigenvalue weighted by molar-refractivity contribution is -0.140. The maximum atomic E-state index is 14.3. The van der Waals surface area contributed by atoms with Crippen LogP contribution in [0.2, 0.25) is 0 Å². The van der Waals surface area contributed by atoms with Gasteiger partial charge in [-0.05, 0) is 61.6 Å². The highest BCUT2D eigenvalue weighted by Crippen LogP contribution is 2.34. The predicted molar refractivity (Wildman–Crippen MR) is 165 cm³/mol. The molecule has 3 aromatic carbocycles. The zero-order valence-corrected chi connectivity index (χ0v) is 25.5. The molecule has 0 saturated heterocycles. The van der Waals surface area contributed by atoms with Gasteiger partial charge in [0, 0.05) is 12.6 Å². The van der Waals surface area contributed by atoms with Gasteiger partial charge in [0.05, 0.1) is 17.7 Å². The van der Waals surface area contributed by atoms with E-state index in [-0.39, 0.29) is 29.1 Å². The number of carbonyl (C=O) groups is 2. The van der Waals surface area contributed by atoms with Gasteiger partial charge in [-0.2, -0.15) is 0 Å². The van der Waals surface area contributed by atoms with E-state index in [0.29, 0.717) is 12.2 Å². The van der Waals surface area contributed by atoms with Gasteiger partial charge < -0.3 is 15.0 Å². The van der Waals surface area contributed by atoms with Gasteiger partial charge in [-0.1, -0.05) is 80.8 Å². The van der Waals surface area contributed by atoms with Crippen LogP contribution in [-0.4, -0.2) is 50.9 Å². The second kappa shape index (κ2) is 14.4. The van der Waals surface area contributed by atoms with E-state index in [2.05, 4.69) is 5.32 Å². The van der Waals surface area contributed by atoms with Crippen LogP contribution in [0, 0.1) is 6.92 Å². The average Bonchev–Trinajstić information content (AvgIpc) is 3.01. The first-order chi connectivity index (χ1) is 20.2. The quantitative estimate of drug-likeness (QED) is 0.302. The summed E-state index contributed by atoms with van der Waals surface area (Å²) in [7, 11) is -2.71. The first-order valence-electron chi connectivity index (χ1n) is 14.6. The molecular formula is C33H41N3O5S. The molecular weight excluding hydrogens is 550 g/mol. The van der Waals surface area contributed by atoms with Gasteiger partial charge in [0.2, 0.25) is 11.8 Å². The van der Waals surface area contributed by atoms with Crippen LogP contribution in [0.4, 0.5) is 5.69 Å². The summed E-state index contributed by atoms with van der Waals surface area (Å²) >= 11 is 0. The molecule has 1 atom stereocenters. The number of ether oxygens (including phenoxy) is 1. The van der Waals surface area contributed by atoms with Gasteiger partial charge in [0.25, 0.3) is 10.0 Å². The van der Waals surface area contributed by atoms with Crippen molar-refractivity contribution in [2.75, 3.05) is 18.0 Å². The molecule has 224 valence electrons. The van der Waals surface area contributed by atoms with Crippen LogP contribution >= 0.6 is 0 Å². The topological polar surface area (TPSA) is 96.0 Å². The number of methoxy groups -OCH3 is 1. The lowest BCUT2D eigenvalue weighted by Gasteiger charge is -2.34. The van der Waals surface area contributed by atoms with Crippen LogP contribution in [0.5, 0.6) is 5.75 Å². The van der Waals surface area contributed by atoms with Gasteiger partial charge in [-0.3, -0.25) is 13.9 Å². The van der Waals surface area contributed by atoms with Crippen LogP contribution in [0.3, 0.4) is 0 Å². The Labute approximate surface area is 249 Å². The maximum Gasteiger partial charge on any atom is 0.264 e. The summed E-state index contributed by atoms with van der Waals surface area (Å²) in [6.07, 6.45) is 5.53. The third-order valence-electron chi connectivity index (χ3n) is 7.75. The molecule has 0 aromatic heterocycles. The lowest BCUT2D eigenvalue weighted by Crippen LogP contribution is -2.54. The molecule has 0 radical (unpaired) electrons. The minimum absolute atomic E-state index is 0.0538. The highest BCUT2D eigenvalue weighted by molar-refractivity contribution is 7.92. The highest BCUT2D eigenvalue weighted by atomic mass is 32.2. The van der Waals surface area contributed by atoms with E-state index in [1.165, 1.54) is 24.1 Å². The van der Waals surface area contributed by atoms with Gasteiger partial charge >= 0.3 is 0 Å². The normalized spacial score (nSPS) is 14.5. The molecule has 0 spiro atoms. The van der Waals surface area contributed by atoms with Gasteiger partial charge in [0.15, 0.2) is 0 Å². The molecule has 1 fully saturated rings. The van der Waals surface area contributed by atoms with Crippen LogP contribution in [-0.2, 0) is 26.2 Å². The Morgan fingerprint density at radius 3 is 2.21 bits per heavy atom. The molecule has 42 heavy (non-hydrogen) atoms. The molecule has 3 aromatic rings. The van der Waals surface area contributed by atoms with Crippen LogP contribution in [0.1, 0.15) is 56.6 Å². The van der Waals surface area contributed by atoms with Crippen molar-refractivity contribution >= 4 is 27.5 Å². The third kappa shape index (κ3) is 7.50. The number of hydrogen-bond acceptors (Lipinski definition) is 5. The second-order valence-electron chi connectivity index (χ2n) is 10.8. The Hall–Kier alpha value is -3.85. The fraction of sp³-hybridized carbons (Fsp3) is 0.394. The largest absolute Gasteiger partial charge is 0.495 e. The summed E-state index contributed by atoms with van der Waals surface area (Å²) in [5.74, 6) is -0.364. The van der Waals surface area contributed by atoms with Gasteiger partial charge in [-0.25, -0.2) is 8.42 Å². The van der Waals surface area contributed by atoms with Crippen molar-refractivity contribution in [3.63, 3.8) is 0 Å². The molecule has 8 nitrogen and oxygen atoms in total. The maximum absolute atomic E-state index is 14.3. The zero-order chi connectivity index (χ0) is 30.1. The van der Waals surface area contributed by atoms with Crippen LogP contribution in [0.25, 0.3) is 0 Å². The molecule has 1 aliphatic carbocycles. The SMILES string of the molecule is CCC(C(=O)NC1CCCCC1)N(Cc1ccccc1)C(=O)CN(c1cc(C)ccc1OC)S(=O)(=O)c1ccccc1. The monoisotopic (exact) mass is 591 g/mol. The van der Waals surface area contributed by atoms with E-state index in [1.54, 1.807) is 30.3 Å². The average molecular weight is 592 g/mol. The molecule has 2 amide bonds. The number of aryl methyl sites for hydroxylation is 1. The molecule has 9 heteroatoms. The Balaban J connectivity index is 1.73. The fourth-order valence-electron chi connectivity index (χ4n) is 5.47. The summed E-state index contributed by atoms with van der Waals surface area (Å²) < 4.78 is 34.8. The van der Waals surface area contributed by atoms with Crippen molar-refractivity contribution < 1.29 is 22.7 Å². The third-order valence-corrected chi connectivity index (χ3v) is 9.52. The Morgan fingerprint density at radius 2 is 1.60 bits per heavy atom. The van der Waals surface area contributed by atoms with Crippen molar-refractivity contribution in [3.05, 3.63) is 90.0 Å². The summed E-state index contributed by atoms with van der Waals surface area (Å²) in [4.78, 5) is 29.5. The number of carbonyl (C=O) groups excluding carboxylic acids is 2. The highest BCUT2D eigenvalue weighted by Gasteiger charge is 2.35. The Bertz CT molecular complexity index is 1440. The number of rotatable bonds is 12. The Kier molecular flexibility index (Phi) is 10.6. The van der Waals surface area contributed by atoms with Crippen molar-refractivity contribution in [2.45, 2.75) is 75.9 Å². The van der Waals surface area contributed by atoms with E-state index in [9.17, 15) is 18.0 Å². The van der Waals surface area contributed by atoms with E-state index in [0.717, 1.165) is 47.5 Å². The van der Waals surface area contributed by atoms with Crippen LogP contribution in [0.15, 0.2) is 83.8 Å². The van der Waals surface area contributed by atoms with Crippen molar-refractivity contribution in [3.8, 4) is 5.75 Å². The summed E-state index contributed by atoms with van der Waals surface area (Å²) in [5.41, 5.74) is 1.92.